The van der Waals surface area contributed by atoms with Crippen LogP contribution in [0.3, 0.4) is 0 Å². The fourth-order valence-corrected chi connectivity index (χ4v) is 4.29. The van der Waals surface area contributed by atoms with Gasteiger partial charge in [-0.2, -0.15) is 0 Å². The van der Waals surface area contributed by atoms with Gasteiger partial charge in [0, 0.05) is 18.7 Å². The number of Topliss-reactive ketones (excluding diaryl/α,β-unsaturated/α-hetero) is 1. The Labute approximate surface area is 158 Å². The Hall–Kier alpha value is -1.88. The third-order valence-electron chi connectivity index (χ3n) is 4.77. The van der Waals surface area contributed by atoms with Crippen LogP contribution in [0.15, 0.2) is 45.9 Å². The van der Waals surface area contributed by atoms with Crippen molar-refractivity contribution in [2.24, 2.45) is 0 Å². The summed E-state index contributed by atoms with van der Waals surface area (Å²) >= 11 is 1.58. The van der Waals surface area contributed by atoms with Crippen molar-refractivity contribution in [3.05, 3.63) is 46.3 Å². The molecule has 0 saturated carbocycles. The van der Waals surface area contributed by atoms with Crippen molar-refractivity contribution < 1.29 is 4.79 Å². The first kappa shape index (κ1) is 18.9. The SMILES string of the molecule is CC(=O)CCCSc1nc2ccccc2c(=O)n1CCC1=CCCCC1. The van der Waals surface area contributed by atoms with Gasteiger partial charge in [0.25, 0.3) is 5.56 Å². The van der Waals surface area contributed by atoms with Gasteiger partial charge in [0.05, 0.1) is 10.9 Å². The number of hydrogen-bond donors (Lipinski definition) is 0. The van der Waals surface area contributed by atoms with Gasteiger partial charge >= 0.3 is 0 Å². The third kappa shape index (κ3) is 4.85. The lowest BCUT2D eigenvalue weighted by atomic mass is 9.97. The van der Waals surface area contributed by atoms with Crippen LogP contribution < -0.4 is 5.56 Å². The highest BCUT2D eigenvalue weighted by molar-refractivity contribution is 7.99. The van der Waals surface area contributed by atoms with Crippen molar-refractivity contribution >= 4 is 28.4 Å². The number of carbonyl (C=O) groups excluding carboxylic acids is 1. The quantitative estimate of drug-likeness (QED) is 0.291. The summed E-state index contributed by atoms with van der Waals surface area (Å²) in [6.45, 7) is 2.30. The van der Waals surface area contributed by atoms with Crippen LogP contribution in [0.4, 0.5) is 0 Å². The van der Waals surface area contributed by atoms with E-state index in [1.165, 1.54) is 18.4 Å². The number of carbonyl (C=O) groups is 1. The number of fused-ring (bicyclic) bond motifs is 1. The molecule has 138 valence electrons. The topological polar surface area (TPSA) is 52.0 Å². The van der Waals surface area contributed by atoms with E-state index in [0.29, 0.717) is 18.4 Å². The van der Waals surface area contributed by atoms with Crippen molar-refractivity contribution in [3.8, 4) is 0 Å². The van der Waals surface area contributed by atoms with E-state index in [1.807, 2.05) is 28.8 Å². The zero-order chi connectivity index (χ0) is 18.4. The van der Waals surface area contributed by atoms with E-state index in [2.05, 4.69) is 6.08 Å². The summed E-state index contributed by atoms with van der Waals surface area (Å²) in [5, 5.41) is 1.45. The van der Waals surface area contributed by atoms with Gasteiger partial charge < -0.3 is 4.79 Å². The number of benzene rings is 1. The number of para-hydroxylation sites is 1. The fourth-order valence-electron chi connectivity index (χ4n) is 3.33. The molecule has 3 rings (SSSR count). The summed E-state index contributed by atoms with van der Waals surface area (Å²) in [5.74, 6) is 1.01. The second kappa shape index (κ2) is 9.17. The molecular weight excluding hydrogens is 344 g/mol. The van der Waals surface area contributed by atoms with Gasteiger partial charge in [-0.1, -0.05) is 35.5 Å². The van der Waals surface area contributed by atoms with Crippen LogP contribution in [0.5, 0.6) is 0 Å². The van der Waals surface area contributed by atoms with Crippen molar-refractivity contribution in [2.75, 3.05) is 5.75 Å². The van der Waals surface area contributed by atoms with Gasteiger partial charge in [0.15, 0.2) is 5.16 Å². The van der Waals surface area contributed by atoms with Gasteiger partial charge in [0.2, 0.25) is 0 Å². The number of rotatable bonds is 8. The van der Waals surface area contributed by atoms with Gasteiger partial charge in [0.1, 0.15) is 5.78 Å². The second-order valence-corrected chi connectivity index (χ2v) is 7.94. The number of aromatic nitrogens is 2. The van der Waals surface area contributed by atoms with Crippen molar-refractivity contribution in [1.82, 2.24) is 9.55 Å². The molecule has 1 heterocycles. The average Bonchev–Trinajstić information content (AvgIpc) is 2.65. The van der Waals surface area contributed by atoms with Crippen LogP contribution >= 0.6 is 11.8 Å². The van der Waals surface area contributed by atoms with Crippen LogP contribution in [-0.2, 0) is 11.3 Å². The molecule has 0 spiro atoms. The number of hydrogen-bond acceptors (Lipinski definition) is 4. The van der Waals surface area contributed by atoms with Crippen LogP contribution in [0.2, 0.25) is 0 Å². The summed E-state index contributed by atoms with van der Waals surface area (Å²) in [7, 11) is 0. The zero-order valence-corrected chi connectivity index (χ0v) is 16.2. The van der Waals surface area contributed by atoms with Crippen molar-refractivity contribution in [3.63, 3.8) is 0 Å². The lowest BCUT2D eigenvalue weighted by Gasteiger charge is -2.16. The average molecular weight is 371 g/mol. The maximum atomic E-state index is 13.0. The van der Waals surface area contributed by atoms with E-state index in [0.717, 1.165) is 42.1 Å². The maximum absolute atomic E-state index is 13.0. The summed E-state index contributed by atoms with van der Waals surface area (Å²) in [6.07, 6.45) is 9.49. The van der Waals surface area contributed by atoms with E-state index < -0.39 is 0 Å². The summed E-state index contributed by atoms with van der Waals surface area (Å²) in [6, 6.07) is 7.55. The lowest BCUT2D eigenvalue weighted by molar-refractivity contribution is -0.117. The molecule has 0 bridgehead atoms. The van der Waals surface area contributed by atoms with Crippen LogP contribution in [0, 0.1) is 0 Å². The lowest BCUT2D eigenvalue weighted by Crippen LogP contribution is -2.24. The normalized spacial score (nSPS) is 14.4. The third-order valence-corrected chi connectivity index (χ3v) is 5.84. The Kier molecular flexibility index (Phi) is 6.67. The first-order valence-corrected chi connectivity index (χ1v) is 10.4. The molecule has 4 nitrogen and oxygen atoms in total. The van der Waals surface area contributed by atoms with E-state index >= 15 is 0 Å². The Morgan fingerprint density at radius 3 is 2.88 bits per heavy atom. The Morgan fingerprint density at radius 2 is 2.12 bits per heavy atom. The monoisotopic (exact) mass is 370 g/mol. The van der Waals surface area contributed by atoms with Crippen molar-refractivity contribution in [2.45, 2.75) is 63.6 Å². The minimum Gasteiger partial charge on any atom is -0.300 e. The second-order valence-electron chi connectivity index (χ2n) is 6.88. The highest BCUT2D eigenvalue weighted by Crippen LogP contribution is 2.23. The summed E-state index contributed by atoms with van der Waals surface area (Å²) in [4.78, 5) is 28.9. The largest absolute Gasteiger partial charge is 0.300 e. The van der Waals surface area contributed by atoms with E-state index in [1.54, 1.807) is 18.7 Å². The molecule has 1 aromatic heterocycles. The molecule has 0 atom stereocenters. The minimum absolute atomic E-state index is 0.0427. The molecule has 5 heteroatoms. The van der Waals surface area contributed by atoms with Crippen LogP contribution in [-0.4, -0.2) is 21.1 Å². The molecule has 1 aliphatic carbocycles. The predicted octanol–water partition coefficient (Wildman–Crippen LogP) is 4.75. The molecule has 26 heavy (non-hydrogen) atoms. The summed E-state index contributed by atoms with van der Waals surface area (Å²) in [5.41, 5.74) is 2.25. The molecule has 0 radical (unpaired) electrons. The maximum Gasteiger partial charge on any atom is 0.262 e. The summed E-state index contributed by atoms with van der Waals surface area (Å²) < 4.78 is 1.83. The minimum atomic E-state index is 0.0427. The first-order chi connectivity index (χ1) is 12.6. The highest BCUT2D eigenvalue weighted by atomic mass is 32.2. The number of thioether (sulfide) groups is 1. The Bertz CT molecular complexity index is 870. The smallest absolute Gasteiger partial charge is 0.262 e. The fraction of sp³-hybridized carbons (Fsp3) is 0.476. The molecule has 0 saturated heterocycles. The predicted molar refractivity (Wildman–Crippen MR) is 108 cm³/mol. The number of allylic oxidation sites excluding steroid dienone is 2. The Morgan fingerprint density at radius 1 is 1.27 bits per heavy atom. The molecule has 0 fully saturated rings. The van der Waals surface area contributed by atoms with Gasteiger partial charge in [-0.25, -0.2) is 4.98 Å². The van der Waals surface area contributed by atoms with Gasteiger partial charge in [-0.3, -0.25) is 9.36 Å². The standard InChI is InChI=1S/C21H26N2O2S/c1-16(24)8-7-15-26-21-22-19-12-6-5-11-18(19)20(25)23(21)14-13-17-9-3-2-4-10-17/h5-6,9,11-12H,2-4,7-8,10,13-15H2,1H3. The molecule has 1 aromatic carbocycles. The van der Waals surface area contributed by atoms with Crippen LogP contribution in [0.1, 0.15) is 51.9 Å². The highest BCUT2D eigenvalue weighted by Gasteiger charge is 2.13. The first-order valence-electron chi connectivity index (χ1n) is 9.45. The van der Waals surface area contributed by atoms with E-state index in [9.17, 15) is 9.59 Å². The zero-order valence-electron chi connectivity index (χ0n) is 15.4. The molecular formula is C21H26N2O2S. The Balaban J connectivity index is 1.83. The molecule has 0 aliphatic heterocycles. The van der Waals surface area contributed by atoms with Gasteiger partial charge in [-0.05, 0) is 57.6 Å². The van der Waals surface area contributed by atoms with Crippen LogP contribution in [0.25, 0.3) is 10.9 Å². The number of nitrogens with zero attached hydrogens (tertiary/aromatic N) is 2. The molecule has 0 N–H and O–H groups in total. The van der Waals surface area contributed by atoms with Crippen molar-refractivity contribution in [1.29, 1.82) is 0 Å². The van der Waals surface area contributed by atoms with E-state index in [-0.39, 0.29) is 11.3 Å². The van der Waals surface area contributed by atoms with Gasteiger partial charge in [-0.15, -0.1) is 0 Å². The van der Waals surface area contributed by atoms with E-state index in [4.69, 9.17) is 4.98 Å². The molecule has 0 unspecified atom stereocenters. The molecule has 1 aliphatic rings. The molecule has 0 amide bonds. The molecule has 2 aromatic rings. The number of ketones is 1.